The van der Waals surface area contributed by atoms with Crippen molar-refractivity contribution >= 4 is 65.9 Å². The fraction of sp³-hybridized carbons (Fsp3) is 0.333. The van der Waals surface area contributed by atoms with Gasteiger partial charge in [-0.3, -0.25) is 9.59 Å². The van der Waals surface area contributed by atoms with E-state index in [-0.39, 0.29) is 16.7 Å². The molecule has 2 N–H and O–H groups in total. The molecule has 0 aliphatic heterocycles. The van der Waals surface area contributed by atoms with E-state index in [1.165, 1.54) is 40.0 Å². The van der Waals surface area contributed by atoms with Crippen LogP contribution in [-0.2, 0) is 17.0 Å². The predicted molar refractivity (Wildman–Crippen MR) is 128 cm³/mol. The molecule has 30 heavy (non-hydrogen) atoms. The molecule has 4 aromatic rings. The van der Waals surface area contributed by atoms with Gasteiger partial charge >= 0.3 is 0 Å². The van der Waals surface area contributed by atoms with Crippen LogP contribution in [-0.4, -0.2) is 26.1 Å². The lowest BCUT2D eigenvalue weighted by atomic mass is 10.2. The molecule has 0 radical (unpaired) electrons. The molecule has 4 rings (SSSR count). The minimum Gasteiger partial charge on any atom is -0.309 e. The lowest BCUT2D eigenvalue weighted by Crippen LogP contribution is -2.22. The van der Waals surface area contributed by atoms with Crippen molar-refractivity contribution in [3.8, 4) is 0 Å². The number of H-pyrrole nitrogens is 1. The smallest absolute Gasteiger partial charge is 0.259 e. The Morgan fingerprint density at radius 3 is 2.83 bits per heavy atom. The second-order valence-corrected chi connectivity index (χ2v) is 10.7. The standard InChI is InChI=1S/C21H22N4O2S3/c1-5-13-6-7-14-15(8-13)30-21(22-14)25-18(26)12(4)28-9-16-23-19(27)17-10(2)11(3)29-20(17)24-16/h6-8,12H,5,9H2,1-4H3,(H,22,25,26)(H,23,24,27). The highest BCUT2D eigenvalue weighted by Crippen LogP contribution is 2.29. The van der Waals surface area contributed by atoms with Gasteiger partial charge < -0.3 is 10.3 Å². The van der Waals surface area contributed by atoms with E-state index >= 15 is 0 Å². The molecule has 0 spiro atoms. The fourth-order valence-corrected chi connectivity index (χ4v) is 5.83. The summed E-state index contributed by atoms with van der Waals surface area (Å²) in [5, 5.41) is 3.88. The number of aromatic amines is 1. The summed E-state index contributed by atoms with van der Waals surface area (Å²) in [5.74, 6) is 0.932. The lowest BCUT2D eigenvalue weighted by Gasteiger charge is -2.10. The summed E-state index contributed by atoms with van der Waals surface area (Å²) in [6.07, 6.45) is 0.968. The fourth-order valence-electron chi connectivity index (χ4n) is 3.10. The summed E-state index contributed by atoms with van der Waals surface area (Å²) in [5.41, 5.74) is 3.01. The first-order valence-corrected chi connectivity index (χ1v) is 12.3. The number of benzene rings is 1. The van der Waals surface area contributed by atoms with Crippen LogP contribution in [0.2, 0.25) is 0 Å². The SMILES string of the molecule is CCc1ccc2nc(NC(=O)C(C)SCc3nc4sc(C)c(C)c4c(=O)[nH]3)sc2c1. The van der Waals surface area contributed by atoms with Crippen molar-refractivity contribution in [1.82, 2.24) is 15.0 Å². The number of fused-ring (bicyclic) bond motifs is 2. The molecule has 6 nitrogen and oxygen atoms in total. The molecular weight excluding hydrogens is 436 g/mol. The zero-order valence-electron chi connectivity index (χ0n) is 17.2. The number of hydrogen-bond acceptors (Lipinski definition) is 7. The highest BCUT2D eigenvalue weighted by atomic mass is 32.2. The Kier molecular flexibility index (Phi) is 5.95. The van der Waals surface area contributed by atoms with Crippen LogP contribution in [0.25, 0.3) is 20.4 Å². The van der Waals surface area contributed by atoms with Crippen LogP contribution >= 0.6 is 34.4 Å². The minimum atomic E-state index is -0.309. The average Bonchev–Trinajstić information content (AvgIpc) is 3.25. The maximum atomic E-state index is 12.6. The van der Waals surface area contributed by atoms with E-state index < -0.39 is 0 Å². The van der Waals surface area contributed by atoms with Crippen molar-refractivity contribution in [3.05, 3.63) is 50.4 Å². The molecule has 0 saturated carbocycles. The summed E-state index contributed by atoms with van der Waals surface area (Å²) in [4.78, 5) is 38.8. The summed E-state index contributed by atoms with van der Waals surface area (Å²) >= 11 is 4.45. The topological polar surface area (TPSA) is 87.7 Å². The van der Waals surface area contributed by atoms with Crippen molar-refractivity contribution in [2.45, 2.75) is 45.1 Å². The van der Waals surface area contributed by atoms with Gasteiger partial charge in [0, 0.05) is 4.88 Å². The summed E-state index contributed by atoms with van der Waals surface area (Å²) in [6.45, 7) is 7.90. The number of thiazole rings is 1. The number of thiophene rings is 1. The van der Waals surface area contributed by atoms with Crippen LogP contribution in [0.15, 0.2) is 23.0 Å². The van der Waals surface area contributed by atoms with E-state index in [1.807, 2.05) is 26.8 Å². The molecule has 1 unspecified atom stereocenters. The first-order valence-electron chi connectivity index (χ1n) is 9.66. The number of carbonyl (C=O) groups is 1. The molecule has 0 bridgehead atoms. The normalized spacial score (nSPS) is 12.5. The molecule has 3 heterocycles. The number of nitrogens with one attached hydrogen (secondary N) is 2. The van der Waals surface area contributed by atoms with E-state index in [4.69, 9.17) is 0 Å². The third kappa shape index (κ3) is 4.14. The Morgan fingerprint density at radius 2 is 2.07 bits per heavy atom. The van der Waals surface area contributed by atoms with Crippen LogP contribution in [0.3, 0.4) is 0 Å². The Hall–Kier alpha value is -2.23. The van der Waals surface area contributed by atoms with Crippen molar-refractivity contribution in [1.29, 1.82) is 0 Å². The molecule has 0 aliphatic carbocycles. The van der Waals surface area contributed by atoms with Gasteiger partial charge in [0.15, 0.2) is 5.13 Å². The molecule has 1 atom stereocenters. The largest absolute Gasteiger partial charge is 0.309 e. The second-order valence-electron chi connectivity index (χ2n) is 7.09. The highest BCUT2D eigenvalue weighted by Gasteiger charge is 2.17. The number of rotatable bonds is 6. The number of hydrogen-bond donors (Lipinski definition) is 2. The first-order chi connectivity index (χ1) is 14.4. The van der Waals surface area contributed by atoms with Crippen molar-refractivity contribution in [2.75, 3.05) is 5.32 Å². The van der Waals surface area contributed by atoms with Gasteiger partial charge in [-0.2, -0.15) is 0 Å². The molecule has 156 valence electrons. The van der Waals surface area contributed by atoms with E-state index in [9.17, 15) is 9.59 Å². The summed E-state index contributed by atoms with van der Waals surface area (Å²) < 4.78 is 1.07. The zero-order valence-corrected chi connectivity index (χ0v) is 19.6. The average molecular weight is 459 g/mol. The van der Waals surface area contributed by atoms with Gasteiger partial charge in [0.1, 0.15) is 10.7 Å². The summed E-state index contributed by atoms with van der Waals surface area (Å²) in [7, 11) is 0. The lowest BCUT2D eigenvalue weighted by molar-refractivity contribution is -0.115. The van der Waals surface area contributed by atoms with Crippen molar-refractivity contribution < 1.29 is 4.79 Å². The quantitative estimate of drug-likeness (QED) is 0.423. The van der Waals surface area contributed by atoms with Gasteiger partial charge in [-0.05, 0) is 50.5 Å². The Morgan fingerprint density at radius 1 is 1.27 bits per heavy atom. The van der Waals surface area contributed by atoms with E-state index in [1.54, 1.807) is 0 Å². The predicted octanol–water partition coefficient (Wildman–Crippen LogP) is 5.03. The monoisotopic (exact) mass is 458 g/mol. The van der Waals surface area contributed by atoms with Gasteiger partial charge in [0.05, 0.1) is 26.6 Å². The van der Waals surface area contributed by atoms with Crippen LogP contribution in [0.1, 0.15) is 35.7 Å². The van der Waals surface area contributed by atoms with Crippen LogP contribution in [0, 0.1) is 13.8 Å². The molecular formula is C21H22N4O2S3. The molecule has 3 aromatic heterocycles. The van der Waals surface area contributed by atoms with Gasteiger partial charge in [-0.25, -0.2) is 9.97 Å². The van der Waals surface area contributed by atoms with Gasteiger partial charge in [-0.1, -0.05) is 24.3 Å². The second kappa shape index (κ2) is 8.49. The molecule has 1 aromatic carbocycles. The Balaban J connectivity index is 1.42. The Labute approximate surface area is 186 Å². The maximum Gasteiger partial charge on any atom is 0.259 e. The van der Waals surface area contributed by atoms with Crippen LogP contribution in [0.4, 0.5) is 5.13 Å². The van der Waals surface area contributed by atoms with Crippen molar-refractivity contribution in [2.24, 2.45) is 0 Å². The number of carbonyl (C=O) groups excluding carboxylic acids is 1. The van der Waals surface area contributed by atoms with Gasteiger partial charge in [0.2, 0.25) is 5.91 Å². The molecule has 0 saturated heterocycles. The maximum absolute atomic E-state index is 12.6. The first kappa shape index (κ1) is 21.0. The van der Waals surface area contributed by atoms with E-state index in [0.717, 1.165) is 31.9 Å². The molecule has 0 aliphatic rings. The number of nitrogens with zero attached hydrogens (tertiary/aromatic N) is 2. The van der Waals surface area contributed by atoms with Crippen LogP contribution < -0.4 is 10.9 Å². The number of aromatic nitrogens is 3. The molecule has 1 amide bonds. The Bertz CT molecular complexity index is 1310. The van der Waals surface area contributed by atoms with Crippen LogP contribution in [0.5, 0.6) is 0 Å². The summed E-state index contributed by atoms with van der Waals surface area (Å²) in [6, 6.07) is 6.17. The number of aryl methyl sites for hydroxylation is 3. The van der Waals surface area contributed by atoms with E-state index in [2.05, 4.69) is 39.3 Å². The molecule has 9 heteroatoms. The van der Waals surface area contributed by atoms with Gasteiger partial charge in [-0.15, -0.1) is 23.1 Å². The van der Waals surface area contributed by atoms with Gasteiger partial charge in [0.25, 0.3) is 5.56 Å². The third-order valence-corrected chi connectivity index (χ3v) is 8.21. The number of amides is 1. The molecule has 0 fully saturated rings. The minimum absolute atomic E-state index is 0.110. The number of anilines is 1. The van der Waals surface area contributed by atoms with Crippen molar-refractivity contribution in [3.63, 3.8) is 0 Å². The highest BCUT2D eigenvalue weighted by molar-refractivity contribution is 7.99. The van der Waals surface area contributed by atoms with E-state index in [0.29, 0.717) is 22.1 Å². The number of thioether (sulfide) groups is 1. The zero-order chi connectivity index (χ0) is 21.4. The third-order valence-electron chi connectivity index (χ3n) is 5.02.